The summed E-state index contributed by atoms with van der Waals surface area (Å²) >= 11 is 5.68. The third-order valence-corrected chi connectivity index (χ3v) is 2.75. The summed E-state index contributed by atoms with van der Waals surface area (Å²) in [6.45, 7) is 0.187. The lowest BCUT2D eigenvalue weighted by Gasteiger charge is -2.12. The number of nitro groups is 1. The van der Waals surface area contributed by atoms with E-state index in [1.54, 1.807) is 0 Å². The maximum atomic E-state index is 10.5. The number of nitrogens with zero attached hydrogens (tertiary/aromatic N) is 3. The average Bonchev–Trinajstić information content (AvgIpc) is 2.45. The normalized spacial score (nSPS) is 11.9. The van der Waals surface area contributed by atoms with Crippen molar-refractivity contribution in [3.05, 3.63) is 57.5 Å². The molecule has 2 aromatic rings. The van der Waals surface area contributed by atoms with Crippen molar-refractivity contribution in [2.75, 3.05) is 11.9 Å². The minimum absolute atomic E-state index is 0.0189. The first-order chi connectivity index (χ1) is 9.56. The fourth-order valence-corrected chi connectivity index (χ4v) is 1.71. The Kier molecular flexibility index (Phi) is 4.44. The maximum Gasteiger partial charge on any atom is 0.269 e. The van der Waals surface area contributed by atoms with E-state index in [4.69, 9.17) is 11.6 Å². The zero-order chi connectivity index (χ0) is 14.5. The topological polar surface area (TPSA) is 101 Å². The molecule has 0 spiro atoms. The van der Waals surface area contributed by atoms with E-state index in [9.17, 15) is 15.2 Å². The van der Waals surface area contributed by atoms with Crippen molar-refractivity contribution in [2.45, 2.75) is 6.10 Å². The number of anilines is 1. The van der Waals surface area contributed by atoms with Gasteiger partial charge in [0.15, 0.2) is 0 Å². The summed E-state index contributed by atoms with van der Waals surface area (Å²) in [5, 5.41) is 23.6. The van der Waals surface area contributed by atoms with Crippen LogP contribution >= 0.6 is 11.6 Å². The van der Waals surface area contributed by atoms with E-state index in [0.29, 0.717) is 11.4 Å². The van der Waals surface area contributed by atoms with Crippen molar-refractivity contribution in [3.8, 4) is 0 Å². The van der Waals surface area contributed by atoms with E-state index < -0.39 is 11.0 Å². The predicted octanol–water partition coefficient (Wildman–Crippen LogP) is 2.18. The van der Waals surface area contributed by atoms with E-state index in [-0.39, 0.29) is 17.4 Å². The van der Waals surface area contributed by atoms with Gasteiger partial charge in [-0.25, -0.2) is 4.98 Å². The summed E-state index contributed by atoms with van der Waals surface area (Å²) in [7, 11) is 0. The molecule has 20 heavy (non-hydrogen) atoms. The first-order valence-electron chi connectivity index (χ1n) is 5.70. The second-order valence-corrected chi connectivity index (χ2v) is 4.36. The average molecular weight is 295 g/mol. The van der Waals surface area contributed by atoms with Crippen molar-refractivity contribution in [3.63, 3.8) is 0 Å². The van der Waals surface area contributed by atoms with Gasteiger partial charge in [0.05, 0.1) is 23.4 Å². The Labute approximate surface area is 119 Å². The zero-order valence-electron chi connectivity index (χ0n) is 10.2. The summed E-state index contributed by atoms with van der Waals surface area (Å²) in [5.74, 6) is 0.443. The first-order valence-corrected chi connectivity index (χ1v) is 6.08. The molecule has 8 heteroatoms. The molecular formula is C12H11ClN4O3. The molecule has 0 aliphatic heterocycles. The Morgan fingerprint density at radius 1 is 1.35 bits per heavy atom. The van der Waals surface area contributed by atoms with Crippen LogP contribution in [0, 0.1) is 10.1 Å². The van der Waals surface area contributed by atoms with Crippen LogP contribution < -0.4 is 5.32 Å². The van der Waals surface area contributed by atoms with E-state index in [1.807, 2.05) is 0 Å². The number of aliphatic hydroxyl groups is 1. The Hall–Kier alpha value is -2.25. The lowest BCUT2D eigenvalue weighted by molar-refractivity contribution is -0.384. The van der Waals surface area contributed by atoms with Gasteiger partial charge in [0.1, 0.15) is 11.0 Å². The molecule has 1 atom stereocenters. The van der Waals surface area contributed by atoms with Crippen LogP contribution in [-0.4, -0.2) is 26.5 Å². The maximum absolute atomic E-state index is 10.5. The van der Waals surface area contributed by atoms with Crippen molar-refractivity contribution < 1.29 is 10.0 Å². The fourth-order valence-electron chi connectivity index (χ4n) is 1.56. The number of nitrogens with one attached hydrogen (secondary N) is 1. The van der Waals surface area contributed by atoms with E-state index >= 15 is 0 Å². The van der Waals surface area contributed by atoms with Crippen LogP contribution in [-0.2, 0) is 0 Å². The van der Waals surface area contributed by atoms with Crippen molar-refractivity contribution in [1.29, 1.82) is 0 Å². The number of nitro benzene ring substituents is 1. The van der Waals surface area contributed by atoms with Gasteiger partial charge in [-0.3, -0.25) is 15.1 Å². The molecule has 2 rings (SSSR count). The molecule has 0 amide bonds. The smallest absolute Gasteiger partial charge is 0.269 e. The lowest BCUT2D eigenvalue weighted by atomic mass is 10.1. The highest BCUT2D eigenvalue weighted by molar-refractivity contribution is 6.29. The minimum Gasteiger partial charge on any atom is -0.387 e. The molecule has 1 heterocycles. The van der Waals surface area contributed by atoms with Crippen LogP contribution in [0.2, 0.25) is 5.15 Å². The Bertz CT molecular complexity index is 606. The number of aromatic nitrogens is 2. The van der Waals surface area contributed by atoms with Gasteiger partial charge in [0, 0.05) is 18.7 Å². The zero-order valence-corrected chi connectivity index (χ0v) is 11.0. The molecule has 1 aromatic carbocycles. The molecule has 0 aliphatic rings. The quantitative estimate of drug-likeness (QED) is 0.647. The van der Waals surface area contributed by atoms with Crippen LogP contribution in [0.1, 0.15) is 11.7 Å². The minimum atomic E-state index is -0.823. The third-order valence-electron chi connectivity index (χ3n) is 2.57. The Morgan fingerprint density at radius 3 is 2.65 bits per heavy atom. The number of hydrogen-bond donors (Lipinski definition) is 2. The highest BCUT2D eigenvalue weighted by Crippen LogP contribution is 2.18. The predicted molar refractivity (Wildman–Crippen MR) is 73.6 cm³/mol. The van der Waals surface area contributed by atoms with Crippen LogP contribution in [0.3, 0.4) is 0 Å². The molecule has 7 nitrogen and oxygen atoms in total. The lowest BCUT2D eigenvalue weighted by Crippen LogP contribution is -2.13. The second-order valence-electron chi connectivity index (χ2n) is 3.97. The number of benzene rings is 1. The van der Waals surface area contributed by atoms with Crippen LogP contribution in [0.15, 0.2) is 36.7 Å². The Morgan fingerprint density at radius 2 is 2.05 bits per heavy atom. The molecule has 0 radical (unpaired) electrons. The molecule has 2 N–H and O–H groups in total. The molecule has 0 unspecified atom stereocenters. The first kappa shape index (κ1) is 14.2. The van der Waals surface area contributed by atoms with Crippen molar-refractivity contribution in [1.82, 2.24) is 9.97 Å². The SMILES string of the molecule is O=[N+]([O-])c1ccc([C@@H](O)CNc2cncc(Cl)n2)cc1. The Balaban J connectivity index is 1.97. The highest BCUT2D eigenvalue weighted by Gasteiger charge is 2.10. The van der Waals surface area contributed by atoms with Gasteiger partial charge < -0.3 is 10.4 Å². The van der Waals surface area contributed by atoms with Crippen molar-refractivity contribution >= 4 is 23.1 Å². The second kappa shape index (κ2) is 6.27. The molecule has 0 aliphatic carbocycles. The number of rotatable bonds is 5. The summed E-state index contributed by atoms with van der Waals surface area (Å²) in [6.07, 6.45) is 2.06. The number of non-ortho nitro benzene ring substituents is 1. The van der Waals surface area contributed by atoms with Crippen molar-refractivity contribution in [2.24, 2.45) is 0 Å². The largest absolute Gasteiger partial charge is 0.387 e. The van der Waals surface area contributed by atoms with Crippen LogP contribution in [0.25, 0.3) is 0 Å². The van der Waals surface area contributed by atoms with Gasteiger partial charge in [-0.15, -0.1) is 0 Å². The summed E-state index contributed by atoms with van der Waals surface area (Å²) < 4.78 is 0. The number of aliphatic hydroxyl groups excluding tert-OH is 1. The monoisotopic (exact) mass is 294 g/mol. The van der Waals surface area contributed by atoms with E-state index in [0.717, 1.165) is 0 Å². The van der Waals surface area contributed by atoms with Gasteiger partial charge in [-0.05, 0) is 17.7 Å². The fraction of sp³-hybridized carbons (Fsp3) is 0.167. The summed E-state index contributed by atoms with van der Waals surface area (Å²) in [6, 6.07) is 5.71. The van der Waals surface area contributed by atoms with E-state index in [1.165, 1.54) is 36.7 Å². The highest BCUT2D eigenvalue weighted by atomic mass is 35.5. The van der Waals surface area contributed by atoms with Gasteiger partial charge in [0.25, 0.3) is 5.69 Å². The molecular weight excluding hydrogens is 284 g/mol. The van der Waals surface area contributed by atoms with Gasteiger partial charge in [-0.2, -0.15) is 0 Å². The number of halogens is 1. The molecule has 0 saturated carbocycles. The van der Waals surface area contributed by atoms with Gasteiger partial charge >= 0.3 is 0 Å². The van der Waals surface area contributed by atoms with Gasteiger partial charge in [-0.1, -0.05) is 11.6 Å². The summed E-state index contributed by atoms with van der Waals surface area (Å²) in [5.41, 5.74) is 0.549. The molecule has 104 valence electrons. The molecule has 1 aromatic heterocycles. The molecule has 0 bridgehead atoms. The van der Waals surface area contributed by atoms with Crippen LogP contribution in [0.5, 0.6) is 0 Å². The number of hydrogen-bond acceptors (Lipinski definition) is 6. The van der Waals surface area contributed by atoms with Crippen LogP contribution in [0.4, 0.5) is 11.5 Å². The molecule has 0 fully saturated rings. The summed E-state index contributed by atoms with van der Waals surface area (Å²) in [4.78, 5) is 17.9. The standard InChI is InChI=1S/C12H11ClN4O3/c13-11-6-14-7-12(16-11)15-5-10(18)8-1-3-9(4-2-8)17(19)20/h1-4,6-7,10,18H,5H2,(H,15,16)/t10-/m0/s1. The molecule has 0 saturated heterocycles. The van der Waals surface area contributed by atoms with E-state index in [2.05, 4.69) is 15.3 Å². The van der Waals surface area contributed by atoms with Gasteiger partial charge in [0.2, 0.25) is 0 Å². The third kappa shape index (κ3) is 3.62.